The van der Waals surface area contributed by atoms with Crippen molar-refractivity contribution in [3.05, 3.63) is 12.7 Å². The molecule has 0 aliphatic heterocycles. The van der Waals surface area contributed by atoms with Gasteiger partial charge in [0.25, 0.3) is 0 Å². The van der Waals surface area contributed by atoms with E-state index in [1.165, 1.54) is 23.1 Å². The van der Waals surface area contributed by atoms with Gasteiger partial charge in [0.15, 0.2) is 4.34 Å². The second-order valence-corrected chi connectivity index (χ2v) is 6.55. The second kappa shape index (κ2) is 6.02. The minimum absolute atomic E-state index is 0.269. The molecule has 0 unspecified atom stereocenters. The normalized spacial score (nSPS) is 11.0. The van der Waals surface area contributed by atoms with E-state index >= 15 is 0 Å². The number of anilines is 1. The molecular formula is C10H16N4OS2. The first-order valence-corrected chi connectivity index (χ1v) is 6.87. The standard InChI is InChI=1S/C10H16N4OS2/c1-5-6-16-9-14-13-8(17-9)11-7(15)12-10(2,3)4/h5H,1,6H2,2-4H3,(H2,11,12,13,15). The van der Waals surface area contributed by atoms with Crippen molar-refractivity contribution in [1.82, 2.24) is 15.5 Å². The average Bonchev–Trinajstić information content (AvgIpc) is 2.59. The number of carbonyl (C=O) groups is 1. The van der Waals surface area contributed by atoms with E-state index in [0.717, 1.165) is 10.1 Å². The van der Waals surface area contributed by atoms with Gasteiger partial charge in [-0.2, -0.15) is 0 Å². The molecule has 0 bridgehead atoms. The molecule has 94 valence electrons. The fourth-order valence-electron chi connectivity index (χ4n) is 0.918. The Morgan fingerprint density at radius 2 is 2.24 bits per heavy atom. The Morgan fingerprint density at radius 1 is 1.53 bits per heavy atom. The van der Waals surface area contributed by atoms with Crippen molar-refractivity contribution < 1.29 is 4.79 Å². The fraction of sp³-hybridized carbons (Fsp3) is 0.500. The van der Waals surface area contributed by atoms with E-state index in [2.05, 4.69) is 27.4 Å². The lowest BCUT2D eigenvalue weighted by Gasteiger charge is -2.19. The molecule has 0 aliphatic rings. The molecule has 1 rings (SSSR count). The van der Waals surface area contributed by atoms with Crippen molar-refractivity contribution in [2.75, 3.05) is 11.1 Å². The van der Waals surface area contributed by atoms with Crippen LogP contribution in [0.25, 0.3) is 0 Å². The van der Waals surface area contributed by atoms with Crippen LogP contribution in [0, 0.1) is 0 Å². The van der Waals surface area contributed by atoms with Crippen LogP contribution in [0.2, 0.25) is 0 Å². The minimum Gasteiger partial charge on any atom is -0.333 e. The number of carbonyl (C=O) groups excluding carboxylic acids is 1. The third kappa shape index (κ3) is 5.69. The summed E-state index contributed by atoms with van der Waals surface area (Å²) >= 11 is 2.88. The molecule has 0 aliphatic carbocycles. The Bertz CT molecular complexity index is 397. The number of rotatable bonds is 4. The molecule has 1 heterocycles. The zero-order chi connectivity index (χ0) is 12.9. The highest BCUT2D eigenvalue weighted by Crippen LogP contribution is 2.25. The monoisotopic (exact) mass is 272 g/mol. The molecule has 0 spiro atoms. The van der Waals surface area contributed by atoms with E-state index < -0.39 is 0 Å². The van der Waals surface area contributed by atoms with Gasteiger partial charge in [0.1, 0.15) is 0 Å². The molecule has 17 heavy (non-hydrogen) atoms. The summed E-state index contributed by atoms with van der Waals surface area (Å²) in [4.78, 5) is 11.5. The zero-order valence-corrected chi connectivity index (χ0v) is 11.7. The maximum Gasteiger partial charge on any atom is 0.321 e. The number of aromatic nitrogens is 2. The summed E-state index contributed by atoms with van der Waals surface area (Å²) in [6.45, 7) is 9.37. The SMILES string of the molecule is C=CCSc1nnc(NC(=O)NC(C)(C)C)s1. The zero-order valence-electron chi connectivity index (χ0n) is 10.1. The van der Waals surface area contributed by atoms with Gasteiger partial charge in [0, 0.05) is 11.3 Å². The lowest BCUT2D eigenvalue weighted by molar-refractivity contribution is 0.244. The summed E-state index contributed by atoms with van der Waals surface area (Å²) < 4.78 is 0.816. The number of thioether (sulfide) groups is 1. The Hall–Kier alpha value is -1.08. The van der Waals surface area contributed by atoms with Gasteiger partial charge in [0.05, 0.1) is 0 Å². The molecule has 2 N–H and O–H groups in total. The van der Waals surface area contributed by atoms with Crippen LogP contribution < -0.4 is 10.6 Å². The van der Waals surface area contributed by atoms with Crippen LogP contribution >= 0.6 is 23.1 Å². The van der Waals surface area contributed by atoms with Gasteiger partial charge in [-0.1, -0.05) is 29.2 Å². The molecule has 7 heteroatoms. The predicted molar refractivity (Wildman–Crippen MR) is 72.7 cm³/mol. The second-order valence-electron chi connectivity index (χ2n) is 4.30. The maximum atomic E-state index is 11.5. The van der Waals surface area contributed by atoms with Crippen molar-refractivity contribution >= 4 is 34.3 Å². The van der Waals surface area contributed by atoms with Crippen molar-refractivity contribution in [2.45, 2.75) is 30.6 Å². The molecule has 0 radical (unpaired) electrons. The van der Waals surface area contributed by atoms with Gasteiger partial charge < -0.3 is 5.32 Å². The average molecular weight is 272 g/mol. The summed E-state index contributed by atoms with van der Waals surface area (Å²) in [5.74, 6) is 0.781. The summed E-state index contributed by atoms with van der Waals surface area (Å²) in [7, 11) is 0. The maximum absolute atomic E-state index is 11.5. The quantitative estimate of drug-likeness (QED) is 0.502. The lowest BCUT2D eigenvalue weighted by Crippen LogP contribution is -2.43. The van der Waals surface area contributed by atoms with Crippen LogP contribution in [-0.4, -0.2) is 27.5 Å². The van der Waals surface area contributed by atoms with Crippen molar-refractivity contribution in [3.8, 4) is 0 Å². The van der Waals surface area contributed by atoms with Gasteiger partial charge in [-0.3, -0.25) is 5.32 Å². The molecular weight excluding hydrogens is 256 g/mol. The number of nitrogens with zero attached hydrogens (tertiary/aromatic N) is 2. The van der Waals surface area contributed by atoms with Gasteiger partial charge in [-0.05, 0) is 20.8 Å². The Kier molecular flexibility index (Phi) is 4.95. The van der Waals surface area contributed by atoms with Gasteiger partial charge in [-0.25, -0.2) is 4.79 Å². The third-order valence-electron chi connectivity index (χ3n) is 1.44. The van der Waals surface area contributed by atoms with E-state index in [4.69, 9.17) is 0 Å². The number of hydrogen-bond donors (Lipinski definition) is 2. The summed E-state index contributed by atoms with van der Waals surface area (Å²) in [6.07, 6.45) is 1.80. The summed E-state index contributed by atoms with van der Waals surface area (Å²) in [5.41, 5.74) is -0.269. The van der Waals surface area contributed by atoms with E-state index in [0.29, 0.717) is 5.13 Å². The van der Waals surface area contributed by atoms with E-state index in [1.54, 1.807) is 6.08 Å². The molecule has 0 aromatic carbocycles. The van der Waals surface area contributed by atoms with Crippen LogP contribution in [0.1, 0.15) is 20.8 Å². The Morgan fingerprint density at radius 3 is 2.82 bits per heavy atom. The first kappa shape index (κ1) is 14.0. The van der Waals surface area contributed by atoms with Crippen LogP contribution in [0.5, 0.6) is 0 Å². The molecule has 2 amide bonds. The first-order valence-electron chi connectivity index (χ1n) is 5.07. The van der Waals surface area contributed by atoms with E-state index in [-0.39, 0.29) is 11.6 Å². The highest BCUT2D eigenvalue weighted by molar-refractivity contribution is 8.01. The molecule has 1 aromatic rings. The Labute approximate surface area is 109 Å². The van der Waals surface area contributed by atoms with E-state index in [9.17, 15) is 4.79 Å². The molecule has 0 fully saturated rings. The van der Waals surface area contributed by atoms with Crippen LogP contribution in [0.15, 0.2) is 17.0 Å². The van der Waals surface area contributed by atoms with E-state index in [1.807, 2.05) is 20.8 Å². The summed E-state index contributed by atoms with van der Waals surface area (Å²) in [5, 5.41) is 13.8. The highest BCUT2D eigenvalue weighted by Gasteiger charge is 2.15. The van der Waals surface area contributed by atoms with Gasteiger partial charge >= 0.3 is 6.03 Å². The van der Waals surface area contributed by atoms with Crippen LogP contribution in [-0.2, 0) is 0 Å². The summed E-state index contributed by atoms with van der Waals surface area (Å²) in [6, 6.07) is -0.270. The highest BCUT2D eigenvalue weighted by atomic mass is 32.2. The molecule has 0 atom stereocenters. The van der Waals surface area contributed by atoms with Crippen LogP contribution in [0.4, 0.5) is 9.93 Å². The lowest BCUT2D eigenvalue weighted by atomic mass is 10.1. The fourth-order valence-corrected chi connectivity index (χ4v) is 2.43. The smallest absolute Gasteiger partial charge is 0.321 e. The molecule has 5 nitrogen and oxygen atoms in total. The topological polar surface area (TPSA) is 66.9 Å². The van der Waals surface area contributed by atoms with Crippen molar-refractivity contribution in [3.63, 3.8) is 0 Å². The third-order valence-corrected chi connectivity index (χ3v) is 3.41. The first-order chi connectivity index (χ1) is 7.90. The largest absolute Gasteiger partial charge is 0.333 e. The van der Waals surface area contributed by atoms with Gasteiger partial charge in [0.2, 0.25) is 5.13 Å². The number of amides is 2. The van der Waals surface area contributed by atoms with Gasteiger partial charge in [-0.15, -0.1) is 16.8 Å². The predicted octanol–water partition coefficient (Wildman–Crippen LogP) is 2.74. The number of nitrogens with one attached hydrogen (secondary N) is 2. The van der Waals surface area contributed by atoms with Crippen molar-refractivity contribution in [2.24, 2.45) is 0 Å². The minimum atomic E-state index is -0.270. The molecule has 0 saturated heterocycles. The number of urea groups is 1. The molecule has 1 aromatic heterocycles. The van der Waals surface area contributed by atoms with Crippen LogP contribution in [0.3, 0.4) is 0 Å². The number of hydrogen-bond acceptors (Lipinski definition) is 5. The van der Waals surface area contributed by atoms with Crippen molar-refractivity contribution in [1.29, 1.82) is 0 Å². The molecule has 0 saturated carbocycles. The Balaban J connectivity index is 2.48.